The van der Waals surface area contributed by atoms with Crippen LogP contribution >= 0.6 is 27.5 Å². The summed E-state index contributed by atoms with van der Waals surface area (Å²) in [6.07, 6.45) is 3.23. The van der Waals surface area contributed by atoms with Crippen molar-refractivity contribution in [3.63, 3.8) is 0 Å². The summed E-state index contributed by atoms with van der Waals surface area (Å²) >= 11 is 9.75. The van der Waals surface area contributed by atoms with E-state index in [1.165, 1.54) is 22.3 Å². The Morgan fingerprint density at radius 1 is 1.13 bits per heavy atom. The summed E-state index contributed by atoms with van der Waals surface area (Å²) in [4.78, 5) is 2.47. The smallest absolute Gasteiger partial charge is 0.134 e. The summed E-state index contributed by atoms with van der Waals surface area (Å²) in [7, 11) is 2.22. The predicted molar refractivity (Wildman–Crippen MR) is 97.5 cm³/mol. The van der Waals surface area contributed by atoms with Gasteiger partial charge in [0, 0.05) is 23.0 Å². The highest BCUT2D eigenvalue weighted by molar-refractivity contribution is 9.10. The number of benzene rings is 2. The first-order valence-corrected chi connectivity index (χ1v) is 9.21. The number of hydrogen-bond acceptors (Lipinski definition) is 2. The molecule has 1 N–H and O–H groups in total. The lowest BCUT2D eigenvalue weighted by molar-refractivity contribution is 0.214. The monoisotopic (exact) mass is 391 g/mol. The zero-order valence-corrected chi connectivity index (χ0v) is 15.4. The Balaban J connectivity index is 1.94. The van der Waals surface area contributed by atoms with Crippen LogP contribution in [0.3, 0.4) is 0 Å². The summed E-state index contributed by atoms with van der Waals surface area (Å²) in [5, 5.41) is 10.6. The van der Waals surface area contributed by atoms with Crippen LogP contribution in [-0.4, -0.2) is 29.6 Å². The summed E-state index contributed by atoms with van der Waals surface area (Å²) in [5.41, 5.74) is 5.31. The maximum absolute atomic E-state index is 10.2. The minimum atomic E-state index is 0.193. The average Bonchev–Trinajstić information content (AvgIpc) is 2.66. The number of phenols is 1. The van der Waals surface area contributed by atoms with E-state index in [2.05, 4.69) is 46.1 Å². The lowest BCUT2D eigenvalue weighted by atomic mass is 9.74. The van der Waals surface area contributed by atoms with E-state index in [9.17, 15) is 5.11 Å². The van der Waals surface area contributed by atoms with Crippen LogP contribution < -0.4 is 0 Å². The predicted octanol–water partition coefficient (Wildman–Crippen LogP) is 4.74. The molecule has 23 heavy (non-hydrogen) atoms. The molecule has 0 fully saturated rings. The maximum atomic E-state index is 10.2. The molecule has 0 aromatic heterocycles. The summed E-state index contributed by atoms with van der Waals surface area (Å²) < 4.78 is 1.14. The normalized spacial score (nSPS) is 23.6. The molecule has 120 valence electrons. The van der Waals surface area contributed by atoms with Gasteiger partial charge in [0.25, 0.3) is 0 Å². The van der Waals surface area contributed by atoms with Gasteiger partial charge in [-0.3, -0.25) is 0 Å². The van der Waals surface area contributed by atoms with Crippen molar-refractivity contribution in [2.75, 3.05) is 13.6 Å². The lowest BCUT2D eigenvalue weighted by Gasteiger charge is -2.38. The highest BCUT2D eigenvalue weighted by Crippen LogP contribution is 2.44. The summed E-state index contributed by atoms with van der Waals surface area (Å²) in [6.45, 7) is 1.03. The Morgan fingerprint density at radius 2 is 1.91 bits per heavy atom. The van der Waals surface area contributed by atoms with Gasteiger partial charge in [0.2, 0.25) is 0 Å². The van der Waals surface area contributed by atoms with E-state index in [0.717, 1.165) is 30.3 Å². The Labute approximate surface area is 150 Å². The van der Waals surface area contributed by atoms with Gasteiger partial charge in [0.1, 0.15) is 5.75 Å². The second-order valence-corrected chi connectivity index (χ2v) is 7.98. The number of fused-ring (bicyclic) bond motifs is 5. The van der Waals surface area contributed by atoms with Gasteiger partial charge in [-0.15, -0.1) is 0 Å². The molecule has 2 nitrogen and oxygen atoms in total. The highest BCUT2D eigenvalue weighted by Gasteiger charge is 2.36. The molecule has 0 spiro atoms. The molecule has 0 amide bonds. The van der Waals surface area contributed by atoms with Crippen LogP contribution in [0.5, 0.6) is 5.75 Å². The second-order valence-electron chi connectivity index (χ2n) is 6.66. The van der Waals surface area contributed by atoms with Crippen molar-refractivity contribution in [2.24, 2.45) is 0 Å². The maximum Gasteiger partial charge on any atom is 0.134 e. The first-order chi connectivity index (χ1) is 11.0. The third kappa shape index (κ3) is 2.59. The first-order valence-electron chi connectivity index (χ1n) is 8.04. The molecule has 4 rings (SSSR count). The van der Waals surface area contributed by atoms with Crippen molar-refractivity contribution in [1.29, 1.82) is 0 Å². The second kappa shape index (κ2) is 5.80. The Bertz CT molecular complexity index is 776. The van der Waals surface area contributed by atoms with Crippen LogP contribution in [0.4, 0.5) is 0 Å². The fourth-order valence-electron chi connectivity index (χ4n) is 4.21. The average molecular weight is 393 g/mol. The number of phenolic OH excluding ortho intramolecular Hbond substituents is 1. The minimum absolute atomic E-state index is 0.193. The molecular formula is C19H19BrClNO. The van der Waals surface area contributed by atoms with Gasteiger partial charge in [-0.25, -0.2) is 0 Å². The highest BCUT2D eigenvalue weighted by atomic mass is 79.9. The van der Waals surface area contributed by atoms with Crippen molar-refractivity contribution in [2.45, 2.75) is 31.2 Å². The standard InChI is InChI=1S/C19H19BrClNO/c1-22-7-6-12-9-16(21)18(23)10-15(12)19-14-4-3-13(20)8-11(14)2-5-17(19)22/h3-4,8-10,17,19,23H,2,5-7H2,1H3. The molecule has 0 saturated carbocycles. The van der Waals surface area contributed by atoms with E-state index < -0.39 is 0 Å². The van der Waals surface area contributed by atoms with E-state index in [4.69, 9.17) is 11.6 Å². The first kappa shape index (κ1) is 15.5. The number of hydrogen-bond donors (Lipinski definition) is 1. The SMILES string of the molecule is CN1CCc2cc(Cl)c(O)cc2C2c3ccc(Br)cc3CCC21. The molecule has 1 aliphatic heterocycles. The molecule has 0 radical (unpaired) electrons. The molecule has 2 atom stereocenters. The fraction of sp³-hybridized carbons (Fsp3) is 0.368. The Hall–Kier alpha value is -1.03. The third-order valence-corrected chi connectivity index (χ3v) is 6.17. The van der Waals surface area contributed by atoms with Gasteiger partial charge in [-0.1, -0.05) is 33.6 Å². The number of aromatic hydroxyl groups is 1. The van der Waals surface area contributed by atoms with E-state index in [-0.39, 0.29) is 5.75 Å². The van der Waals surface area contributed by atoms with Crippen molar-refractivity contribution in [1.82, 2.24) is 4.90 Å². The number of likely N-dealkylation sites (N-methyl/N-ethyl adjacent to an activating group) is 1. The molecule has 4 heteroatoms. The molecule has 1 aliphatic carbocycles. The van der Waals surface area contributed by atoms with Crippen LogP contribution in [-0.2, 0) is 12.8 Å². The molecular weight excluding hydrogens is 374 g/mol. The van der Waals surface area contributed by atoms with Gasteiger partial charge in [-0.05, 0) is 72.8 Å². The van der Waals surface area contributed by atoms with Gasteiger partial charge in [-0.2, -0.15) is 0 Å². The number of halogens is 2. The fourth-order valence-corrected chi connectivity index (χ4v) is 4.80. The van der Waals surface area contributed by atoms with Crippen LogP contribution in [0.1, 0.15) is 34.6 Å². The van der Waals surface area contributed by atoms with Crippen LogP contribution in [0.25, 0.3) is 0 Å². The zero-order chi connectivity index (χ0) is 16.1. The van der Waals surface area contributed by atoms with Crippen LogP contribution in [0.15, 0.2) is 34.8 Å². The van der Waals surface area contributed by atoms with Crippen molar-refractivity contribution in [3.05, 3.63) is 62.1 Å². The van der Waals surface area contributed by atoms with Gasteiger partial charge in [0.05, 0.1) is 5.02 Å². The number of aryl methyl sites for hydroxylation is 1. The quantitative estimate of drug-likeness (QED) is 0.700. The molecule has 2 aromatic rings. The van der Waals surface area contributed by atoms with E-state index >= 15 is 0 Å². The Morgan fingerprint density at radius 3 is 2.74 bits per heavy atom. The molecule has 0 saturated heterocycles. The Kier molecular flexibility index (Phi) is 3.91. The van der Waals surface area contributed by atoms with Gasteiger partial charge in [0.15, 0.2) is 0 Å². The van der Waals surface area contributed by atoms with Crippen LogP contribution in [0, 0.1) is 0 Å². The zero-order valence-electron chi connectivity index (χ0n) is 13.0. The molecule has 0 bridgehead atoms. The van der Waals surface area contributed by atoms with Gasteiger partial charge >= 0.3 is 0 Å². The summed E-state index contributed by atoms with van der Waals surface area (Å²) in [6, 6.07) is 10.9. The largest absolute Gasteiger partial charge is 0.506 e. The summed E-state index contributed by atoms with van der Waals surface area (Å²) in [5.74, 6) is 0.496. The number of rotatable bonds is 0. The topological polar surface area (TPSA) is 23.5 Å². The third-order valence-electron chi connectivity index (χ3n) is 5.38. The number of nitrogens with zero attached hydrogens (tertiary/aromatic N) is 1. The van der Waals surface area contributed by atoms with Crippen molar-refractivity contribution < 1.29 is 5.11 Å². The van der Waals surface area contributed by atoms with Crippen LogP contribution in [0.2, 0.25) is 5.02 Å². The lowest BCUT2D eigenvalue weighted by Crippen LogP contribution is -2.39. The van der Waals surface area contributed by atoms with E-state index in [0.29, 0.717) is 17.0 Å². The minimum Gasteiger partial charge on any atom is -0.506 e. The van der Waals surface area contributed by atoms with Crippen molar-refractivity contribution >= 4 is 27.5 Å². The molecule has 2 aliphatic rings. The van der Waals surface area contributed by atoms with E-state index in [1.54, 1.807) is 0 Å². The van der Waals surface area contributed by atoms with Crippen molar-refractivity contribution in [3.8, 4) is 5.75 Å². The molecule has 1 heterocycles. The molecule has 2 unspecified atom stereocenters. The van der Waals surface area contributed by atoms with Gasteiger partial charge < -0.3 is 10.0 Å². The van der Waals surface area contributed by atoms with E-state index in [1.807, 2.05) is 12.1 Å². The molecule has 2 aromatic carbocycles.